The first kappa shape index (κ1) is 12.2. The van der Waals surface area contributed by atoms with Crippen molar-refractivity contribution in [1.29, 1.82) is 0 Å². The molecule has 4 heteroatoms. The van der Waals surface area contributed by atoms with E-state index in [1.54, 1.807) is 6.07 Å². The maximum absolute atomic E-state index is 11.5. The Labute approximate surface area is 106 Å². The molecule has 0 aliphatic rings. The van der Waals surface area contributed by atoms with E-state index in [1.807, 2.05) is 31.2 Å². The van der Waals surface area contributed by atoms with Crippen LogP contribution in [0, 0.1) is 6.92 Å². The van der Waals surface area contributed by atoms with Gasteiger partial charge in [0.1, 0.15) is 18.6 Å². The molecular formula is C14H15NO3. The molecule has 0 unspecified atom stereocenters. The molecule has 0 aliphatic heterocycles. The molecule has 2 rings (SSSR count). The molecule has 94 valence electrons. The minimum atomic E-state index is -0.156. The minimum Gasteiger partial charge on any atom is -0.492 e. The average Bonchev–Trinajstić information content (AvgIpc) is 2.90. The van der Waals surface area contributed by atoms with Crippen LogP contribution in [0.5, 0.6) is 5.75 Å². The largest absolute Gasteiger partial charge is 0.492 e. The summed E-state index contributed by atoms with van der Waals surface area (Å²) in [5, 5.41) is 2.74. The number of furan rings is 1. The van der Waals surface area contributed by atoms with Gasteiger partial charge in [-0.05, 0) is 25.1 Å². The first-order chi connectivity index (χ1) is 8.75. The van der Waals surface area contributed by atoms with Gasteiger partial charge in [0.2, 0.25) is 0 Å². The van der Waals surface area contributed by atoms with Crippen LogP contribution in [0.25, 0.3) is 0 Å². The Balaban J connectivity index is 1.70. The van der Waals surface area contributed by atoms with Crippen molar-refractivity contribution in [3.8, 4) is 5.75 Å². The standard InChI is InChI=1S/C14H15NO3/c1-11-2-4-13(5-3-11)18-9-7-15-14(16)12-6-8-17-10-12/h2-6,8,10H,7,9H2,1H3,(H,15,16). The second kappa shape index (κ2) is 5.91. The summed E-state index contributed by atoms with van der Waals surface area (Å²) in [5.74, 6) is 0.648. The number of hydrogen-bond donors (Lipinski definition) is 1. The summed E-state index contributed by atoms with van der Waals surface area (Å²) in [7, 11) is 0. The average molecular weight is 245 g/mol. The van der Waals surface area contributed by atoms with Crippen LogP contribution in [0.1, 0.15) is 15.9 Å². The van der Waals surface area contributed by atoms with Crippen molar-refractivity contribution >= 4 is 5.91 Å². The lowest BCUT2D eigenvalue weighted by Crippen LogP contribution is -2.27. The highest BCUT2D eigenvalue weighted by atomic mass is 16.5. The molecule has 18 heavy (non-hydrogen) atoms. The number of rotatable bonds is 5. The van der Waals surface area contributed by atoms with Gasteiger partial charge >= 0.3 is 0 Å². The highest BCUT2D eigenvalue weighted by Gasteiger charge is 2.05. The van der Waals surface area contributed by atoms with Gasteiger partial charge in [0, 0.05) is 0 Å². The number of amides is 1. The molecule has 0 fully saturated rings. The Morgan fingerprint density at radius 3 is 2.72 bits per heavy atom. The van der Waals surface area contributed by atoms with E-state index in [2.05, 4.69) is 5.32 Å². The van der Waals surface area contributed by atoms with Gasteiger partial charge in [0.15, 0.2) is 0 Å². The Morgan fingerprint density at radius 2 is 2.06 bits per heavy atom. The van der Waals surface area contributed by atoms with Gasteiger partial charge < -0.3 is 14.5 Å². The number of hydrogen-bond acceptors (Lipinski definition) is 3. The maximum Gasteiger partial charge on any atom is 0.254 e. The molecule has 0 saturated heterocycles. The van der Waals surface area contributed by atoms with Crippen LogP contribution in [-0.2, 0) is 0 Å². The third-order valence-electron chi connectivity index (χ3n) is 2.46. The molecule has 0 radical (unpaired) electrons. The molecule has 0 saturated carbocycles. The summed E-state index contributed by atoms with van der Waals surface area (Å²) in [6.45, 7) is 2.92. The lowest BCUT2D eigenvalue weighted by atomic mass is 10.2. The zero-order valence-electron chi connectivity index (χ0n) is 10.2. The molecule has 0 aliphatic carbocycles. The number of nitrogens with one attached hydrogen (secondary N) is 1. The summed E-state index contributed by atoms with van der Waals surface area (Å²) in [4.78, 5) is 11.5. The topological polar surface area (TPSA) is 51.5 Å². The lowest BCUT2D eigenvalue weighted by Gasteiger charge is -2.07. The monoisotopic (exact) mass is 245 g/mol. The second-order valence-corrected chi connectivity index (χ2v) is 3.93. The fourth-order valence-electron chi connectivity index (χ4n) is 1.46. The SMILES string of the molecule is Cc1ccc(OCCNC(=O)c2ccoc2)cc1. The summed E-state index contributed by atoms with van der Waals surface area (Å²) in [6, 6.07) is 9.41. The molecule has 0 bridgehead atoms. The highest BCUT2D eigenvalue weighted by Crippen LogP contribution is 2.10. The number of benzene rings is 1. The summed E-state index contributed by atoms with van der Waals surface area (Å²) in [6.07, 6.45) is 2.88. The Hall–Kier alpha value is -2.23. The number of aryl methyl sites for hydroxylation is 1. The van der Waals surface area contributed by atoms with Crippen molar-refractivity contribution < 1.29 is 13.9 Å². The van der Waals surface area contributed by atoms with Crippen LogP contribution in [0.4, 0.5) is 0 Å². The normalized spacial score (nSPS) is 10.1. The van der Waals surface area contributed by atoms with E-state index in [1.165, 1.54) is 18.1 Å². The fourth-order valence-corrected chi connectivity index (χ4v) is 1.46. The summed E-state index contributed by atoms with van der Waals surface area (Å²) >= 11 is 0. The predicted molar refractivity (Wildman–Crippen MR) is 67.7 cm³/mol. The molecule has 0 atom stereocenters. The van der Waals surface area contributed by atoms with Gasteiger partial charge in [0.05, 0.1) is 18.4 Å². The van der Waals surface area contributed by atoms with Crippen LogP contribution in [0.2, 0.25) is 0 Å². The van der Waals surface area contributed by atoms with Crippen molar-refractivity contribution in [2.75, 3.05) is 13.2 Å². The van der Waals surface area contributed by atoms with Crippen LogP contribution in [-0.4, -0.2) is 19.1 Å². The molecule has 1 heterocycles. The molecule has 1 aromatic carbocycles. The van der Waals surface area contributed by atoms with Gasteiger partial charge in [-0.3, -0.25) is 4.79 Å². The van der Waals surface area contributed by atoms with Crippen LogP contribution in [0.15, 0.2) is 47.3 Å². The van der Waals surface area contributed by atoms with Gasteiger partial charge in [-0.2, -0.15) is 0 Å². The molecule has 4 nitrogen and oxygen atoms in total. The van der Waals surface area contributed by atoms with Gasteiger partial charge in [0.25, 0.3) is 5.91 Å². The molecule has 1 N–H and O–H groups in total. The van der Waals surface area contributed by atoms with Gasteiger partial charge in [-0.1, -0.05) is 17.7 Å². The molecular weight excluding hydrogens is 230 g/mol. The van der Waals surface area contributed by atoms with Crippen molar-refractivity contribution in [1.82, 2.24) is 5.32 Å². The quantitative estimate of drug-likeness (QED) is 0.823. The van der Waals surface area contributed by atoms with Crippen LogP contribution in [0.3, 0.4) is 0 Å². The zero-order valence-corrected chi connectivity index (χ0v) is 10.2. The van der Waals surface area contributed by atoms with Crippen molar-refractivity contribution in [2.24, 2.45) is 0 Å². The van der Waals surface area contributed by atoms with Crippen molar-refractivity contribution in [2.45, 2.75) is 6.92 Å². The van der Waals surface area contributed by atoms with Gasteiger partial charge in [-0.25, -0.2) is 0 Å². The van der Waals surface area contributed by atoms with Crippen molar-refractivity contribution in [3.05, 3.63) is 54.0 Å². The number of carbonyl (C=O) groups is 1. The van der Waals surface area contributed by atoms with E-state index < -0.39 is 0 Å². The first-order valence-electron chi connectivity index (χ1n) is 5.75. The van der Waals surface area contributed by atoms with E-state index in [0.29, 0.717) is 18.7 Å². The maximum atomic E-state index is 11.5. The van der Waals surface area contributed by atoms with Crippen LogP contribution >= 0.6 is 0 Å². The van der Waals surface area contributed by atoms with E-state index in [4.69, 9.17) is 9.15 Å². The molecule has 1 aromatic heterocycles. The van der Waals surface area contributed by atoms with Crippen molar-refractivity contribution in [3.63, 3.8) is 0 Å². The smallest absolute Gasteiger partial charge is 0.254 e. The van der Waals surface area contributed by atoms with E-state index in [-0.39, 0.29) is 5.91 Å². The third-order valence-corrected chi connectivity index (χ3v) is 2.46. The van der Waals surface area contributed by atoms with E-state index in [0.717, 1.165) is 5.75 Å². The zero-order chi connectivity index (χ0) is 12.8. The third kappa shape index (κ3) is 3.38. The Bertz CT molecular complexity index is 488. The predicted octanol–water partition coefficient (Wildman–Crippen LogP) is 2.40. The first-order valence-corrected chi connectivity index (χ1v) is 5.75. The fraction of sp³-hybridized carbons (Fsp3) is 0.214. The molecule has 1 amide bonds. The second-order valence-electron chi connectivity index (χ2n) is 3.93. The summed E-state index contributed by atoms with van der Waals surface area (Å²) < 4.78 is 10.3. The highest BCUT2D eigenvalue weighted by molar-refractivity contribution is 5.93. The number of ether oxygens (including phenoxy) is 1. The van der Waals surface area contributed by atoms with E-state index >= 15 is 0 Å². The minimum absolute atomic E-state index is 0.156. The molecule has 0 spiro atoms. The molecule has 2 aromatic rings. The lowest BCUT2D eigenvalue weighted by molar-refractivity contribution is 0.0946. The Kier molecular flexibility index (Phi) is 4.02. The number of carbonyl (C=O) groups excluding carboxylic acids is 1. The Morgan fingerprint density at radius 1 is 1.28 bits per heavy atom. The van der Waals surface area contributed by atoms with E-state index in [9.17, 15) is 4.79 Å². The summed E-state index contributed by atoms with van der Waals surface area (Å²) in [5.41, 5.74) is 1.71. The van der Waals surface area contributed by atoms with Gasteiger partial charge in [-0.15, -0.1) is 0 Å². The van der Waals surface area contributed by atoms with Crippen LogP contribution < -0.4 is 10.1 Å².